The van der Waals surface area contributed by atoms with Gasteiger partial charge in [-0.15, -0.1) is 6.42 Å². The molecule has 1 fully saturated rings. The van der Waals surface area contributed by atoms with E-state index in [0.717, 1.165) is 6.54 Å². The lowest BCUT2D eigenvalue weighted by molar-refractivity contribution is 0.281. The average molecular weight is 166 g/mol. The van der Waals surface area contributed by atoms with E-state index < -0.39 is 0 Å². The zero-order chi connectivity index (χ0) is 8.81. The van der Waals surface area contributed by atoms with Gasteiger partial charge in [0, 0.05) is 6.54 Å². The predicted octanol–water partition coefficient (Wildman–Crippen LogP) is 0.823. The van der Waals surface area contributed by atoms with Crippen molar-refractivity contribution in [1.29, 1.82) is 0 Å². The van der Waals surface area contributed by atoms with Gasteiger partial charge < -0.3 is 10.6 Å². The lowest BCUT2D eigenvalue weighted by Gasteiger charge is -2.20. The van der Waals surface area contributed by atoms with Crippen molar-refractivity contribution in [3.8, 4) is 12.3 Å². The molecule has 0 aliphatic carbocycles. The Morgan fingerprint density at radius 1 is 1.25 bits per heavy atom. The minimum Gasteiger partial charge on any atom is -0.317 e. The second kappa shape index (κ2) is 5.18. The monoisotopic (exact) mass is 166 g/mol. The van der Waals surface area contributed by atoms with E-state index in [4.69, 9.17) is 12.2 Å². The van der Waals surface area contributed by atoms with Crippen molar-refractivity contribution in [1.82, 2.24) is 4.90 Å². The Labute approximate surface area is 75.1 Å². The van der Waals surface area contributed by atoms with Gasteiger partial charge in [0.05, 0.1) is 6.04 Å². The number of terminal acetylenes is 1. The fourth-order valence-corrected chi connectivity index (χ4v) is 1.65. The van der Waals surface area contributed by atoms with Gasteiger partial charge in [-0.05, 0) is 25.9 Å². The molecule has 1 unspecified atom stereocenters. The van der Waals surface area contributed by atoms with Gasteiger partial charge in [0.1, 0.15) is 0 Å². The van der Waals surface area contributed by atoms with Gasteiger partial charge in [0.2, 0.25) is 0 Å². The van der Waals surface area contributed by atoms with Crippen molar-refractivity contribution in [2.45, 2.75) is 31.7 Å². The zero-order valence-corrected chi connectivity index (χ0v) is 7.63. The highest BCUT2D eigenvalue weighted by Crippen LogP contribution is 2.09. The summed E-state index contributed by atoms with van der Waals surface area (Å²) >= 11 is 0. The molecule has 0 amide bonds. The molecule has 1 aliphatic rings. The Bertz CT molecular complexity index is 152. The van der Waals surface area contributed by atoms with Gasteiger partial charge >= 0.3 is 0 Å². The third-order valence-corrected chi connectivity index (χ3v) is 2.37. The zero-order valence-electron chi connectivity index (χ0n) is 7.63. The molecule has 1 rings (SSSR count). The van der Waals surface area contributed by atoms with Gasteiger partial charge in [-0.2, -0.15) is 0 Å². The average Bonchev–Trinajstić information content (AvgIpc) is 2.33. The number of hydrogen-bond acceptors (Lipinski definition) is 2. The Hall–Kier alpha value is -0.520. The Kier molecular flexibility index (Phi) is 4.13. The molecule has 0 aromatic rings. The quantitative estimate of drug-likeness (QED) is 0.615. The van der Waals surface area contributed by atoms with Crippen LogP contribution >= 0.6 is 0 Å². The number of rotatable bonds is 2. The molecule has 0 spiro atoms. The van der Waals surface area contributed by atoms with Crippen LogP contribution in [0.2, 0.25) is 0 Å². The lowest BCUT2D eigenvalue weighted by atomic mass is 10.2. The molecule has 1 heterocycles. The van der Waals surface area contributed by atoms with E-state index >= 15 is 0 Å². The molecular weight excluding hydrogens is 148 g/mol. The minimum atomic E-state index is -0.0805. The van der Waals surface area contributed by atoms with Crippen LogP contribution in [-0.4, -0.2) is 30.6 Å². The van der Waals surface area contributed by atoms with Crippen molar-refractivity contribution in [2.75, 3.05) is 19.6 Å². The second-order valence-corrected chi connectivity index (χ2v) is 3.49. The van der Waals surface area contributed by atoms with Crippen LogP contribution in [0.15, 0.2) is 0 Å². The Morgan fingerprint density at radius 3 is 2.33 bits per heavy atom. The maximum atomic E-state index is 5.68. The highest BCUT2D eigenvalue weighted by Gasteiger charge is 2.10. The smallest absolute Gasteiger partial charge is 0.0790 e. The van der Waals surface area contributed by atoms with Crippen LogP contribution in [0, 0.1) is 12.3 Å². The van der Waals surface area contributed by atoms with Crippen LogP contribution in [0.3, 0.4) is 0 Å². The van der Waals surface area contributed by atoms with E-state index in [-0.39, 0.29) is 6.04 Å². The first-order valence-corrected chi connectivity index (χ1v) is 4.77. The Morgan fingerprint density at radius 2 is 1.83 bits per heavy atom. The summed E-state index contributed by atoms with van der Waals surface area (Å²) in [7, 11) is 0. The fraction of sp³-hybridized carbons (Fsp3) is 0.800. The third-order valence-electron chi connectivity index (χ3n) is 2.37. The van der Waals surface area contributed by atoms with Gasteiger partial charge in [0.15, 0.2) is 0 Å². The molecule has 2 heteroatoms. The molecule has 1 saturated heterocycles. The van der Waals surface area contributed by atoms with Crippen molar-refractivity contribution in [2.24, 2.45) is 5.73 Å². The lowest BCUT2D eigenvalue weighted by Crippen LogP contribution is -2.37. The minimum absolute atomic E-state index is 0.0805. The summed E-state index contributed by atoms with van der Waals surface area (Å²) in [6.45, 7) is 3.22. The first-order chi connectivity index (χ1) is 5.83. The summed E-state index contributed by atoms with van der Waals surface area (Å²) in [6, 6.07) is -0.0805. The van der Waals surface area contributed by atoms with Gasteiger partial charge in [0.25, 0.3) is 0 Å². The first-order valence-electron chi connectivity index (χ1n) is 4.77. The molecule has 0 radical (unpaired) electrons. The largest absolute Gasteiger partial charge is 0.317 e. The van der Waals surface area contributed by atoms with Crippen molar-refractivity contribution in [3.05, 3.63) is 0 Å². The van der Waals surface area contributed by atoms with Crippen LogP contribution in [0.1, 0.15) is 25.7 Å². The number of nitrogens with zero attached hydrogens (tertiary/aromatic N) is 1. The standard InChI is InChI=1S/C10H18N2/c1-2-10(11)9-12-7-5-3-4-6-8-12/h1,10H,3-9,11H2. The van der Waals surface area contributed by atoms with E-state index in [1.807, 2.05) is 0 Å². The van der Waals surface area contributed by atoms with Gasteiger partial charge in [-0.3, -0.25) is 0 Å². The van der Waals surface area contributed by atoms with E-state index in [1.165, 1.54) is 38.8 Å². The van der Waals surface area contributed by atoms with Crippen molar-refractivity contribution < 1.29 is 0 Å². The molecule has 2 N–H and O–H groups in total. The number of likely N-dealkylation sites (tertiary alicyclic amines) is 1. The van der Waals surface area contributed by atoms with Crippen LogP contribution in [-0.2, 0) is 0 Å². The molecule has 0 saturated carbocycles. The summed E-state index contributed by atoms with van der Waals surface area (Å²) in [5, 5.41) is 0. The number of hydrogen-bond donors (Lipinski definition) is 1. The molecule has 1 aliphatic heterocycles. The molecule has 68 valence electrons. The first kappa shape index (κ1) is 9.57. The highest BCUT2D eigenvalue weighted by atomic mass is 15.1. The summed E-state index contributed by atoms with van der Waals surface area (Å²) in [5.74, 6) is 2.57. The highest BCUT2D eigenvalue weighted by molar-refractivity contribution is 4.98. The predicted molar refractivity (Wildman–Crippen MR) is 51.7 cm³/mol. The fourth-order valence-electron chi connectivity index (χ4n) is 1.65. The third kappa shape index (κ3) is 3.25. The van der Waals surface area contributed by atoms with Crippen LogP contribution < -0.4 is 5.73 Å². The molecule has 1 atom stereocenters. The van der Waals surface area contributed by atoms with E-state index in [2.05, 4.69) is 10.8 Å². The molecule has 12 heavy (non-hydrogen) atoms. The summed E-state index contributed by atoms with van der Waals surface area (Å²) in [4.78, 5) is 2.39. The van der Waals surface area contributed by atoms with Gasteiger partial charge in [-0.1, -0.05) is 18.8 Å². The SMILES string of the molecule is C#CC(N)CN1CCCCCC1. The molecule has 2 nitrogen and oxygen atoms in total. The summed E-state index contributed by atoms with van der Waals surface area (Å²) in [6.07, 6.45) is 10.6. The second-order valence-electron chi connectivity index (χ2n) is 3.49. The topological polar surface area (TPSA) is 29.3 Å². The van der Waals surface area contributed by atoms with E-state index in [9.17, 15) is 0 Å². The maximum absolute atomic E-state index is 5.68. The molecule has 0 aromatic carbocycles. The summed E-state index contributed by atoms with van der Waals surface area (Å²) in [5.41, 5.74) is 5.68. The molecule has 0 bridgehead atoms. The van der Waals surface area contributed by atoms with Crippen LogP contribution in [0.25, 0.3) is 0 Å². The Balaban J connectivity index is 2.25. The van der Waals surface area contributed by atoms with E-state index in [0.29, 0.717) is 0 Å². The van der Waals surface area contributed by atoms with Crippen molar-refractivity contribution >= 4 is 0 Å². The summed E-state index contributed by atoms with van der Waals surface area (Å²) < 4.78 is 0. The molecule has 0 aromatic heterocycles. The van der Waals surface area contributed by atoms with Crippen molar-refractivity contribution in [3.63, 3.8) is 0 Å². The van der Waals surface area contributed by atoms with E-state index in [1.54, 1.807) is 0 Å². The normalized spacial score (nSPS) is 22.7. The molecular formula is C10H18N2. The van der Waals surface area contributed by atoms with Crippen LogP contribution in [0.5, 0.6) is 0 Å². The van der Waals surface area contributed by atoms with Gasteiger partial charge in [-0.25, -0.2) is 0 Å². The maximum Gasteiger partial charge on any atom is 0.0790 e. The number of nitrogens with two attached hydrogens (primary N) is 1. The van der Waals surface area contributed by atoms with Crippen LogP contribution in [0.4, 0.5) is 0 Å².